The van der Waals surface area contributed by atoms with Gasteiger partial charge in [0.25, 0.3) is 0 Å². The van der Waals surface area contributed by atoms with Crippen LogP contribution in [0.3, 0.4) is 0 Å². The van der Waals surface area contributed by atoms with E-state index >= 15 is 0 Å². The van der Waals surface area contributed by atoms with Gasteiger partial charge in [0.2, 0.25) is 5.91 Å². The Morgan fingerprint density at radius 2 is 1.69 bits per heavy atom. The Hall–Kier alpha value is -4.11. The van der Waals surface area contributed by atoms with E-state index in [1.807, 2.05) is 46.0 Å². The Morgan fingerprint density at radius 3 is 2.39 bits per heavy atom. The van der Waals surface area contributed by atoms with Crippen LogP contribution in [-0.2, 0) is 4.79 Å². The molecule has 6 nitrogen and oxygen atoms in total. The second kappa shape index (κ2) is 10.2. The summed E-state index contributed by atoms with van der Waals surface area (Å²) in [5, 5.41) is 6.68. The van der Waals surface area contributed by atoms with E-state index in [4.69, 9.17) is 12.2 Å². The maximum absolute atomic E-state index is 13.6. The minimum Gasteiger partial charge on any atom is -0.352 e. The molecule has 2 aromatic heterocycles. The monoisotopic (exact) mass is 503 g/mol. The third-order valence-corrected chi connectivity index (χ3v) is 6.45. The first-order valence-electron chi connectivity index (χ1n) is 11.5. The molecule has 0 saturated carbocycles. The zero-order chi connectivity index (χ0) is 25.1. The van der Waals surface area contributed by atoms with E-state index in [2.05, 4.69) is 15.6 Å². The summed E-state index contributed by atoms with van der Waals surface area (Å²) in [6.07, 6.45) is 3.82. The quantitative estimate of drug-likeness (QED) is 0.342. The number of halogens is 2. The van der Waals surface area contributed by atoms with Crippen molar-refractivity contribution in [2.75, 3.05) is 11.9 Å². The summed E-state index contributed by atoms with van der Waals surface area (Å²) in [5.41, 5.74) is 3.07. The van der Waals surface area contributed by atoms with E-state index in [9.17, 15) is 13.6 Å². The predicted octanol–water partition coefficient (Wildman–Crippen LogP) is 5.15. The van der Waals surface area contributed by atoms with Crippen LogP contribution in [0.15, 0.2) is 91.3 Å². The van der Waals surface area contributed by atoms with Crippen LogP contribution in [0.1, 0.15) is 29.9 Å². The van der Waals surface area contributed by atoms with Crippen LogP contribution in [0.4, 0.5) is 14.5 Å². The maximum atomic E-state index is 13.6. The minimum atomic E-state index is -0.367. The molecule has 0 spiro atoms. The highest BCUT2D eigenvalue weighted by Crippen LogP contribution is 2.39. The first kappa shape index (κ1) is 23.6. The van der Waals surface area contributed by atoms with Gasteiger partial charge in [-0.25, -0.2) is 8.78 Å². The molecule has 1 fully saturated rings. The zero-order valence-electron chi connectivity index (χ0n) is 19.1. The van der Waals surface area contributed by atoms with Gasteiger partial charge in [0.1, 0.15) is 11.6 Å². The molecule has 2 N–H and O–H groups in total. The van der Waals surface area contributed by atoms with E-state index < -0.39 is 0 Å². The minimum absolute atomic E-state index is 0.169. The number of pyridine rings is 1. The van der Waals surface area contributed by atoms with Gasteiger partial charge in [-0.1, -0.05) is 6.07 Å². The summed E-state index contributed by atoms with van der Waals surface area (Å²) in [7, 11) is 0. The number of aromatic nitrogens is 2. The number of thiocarbonyl (C=S) groups is 1. The molecule has 0 bridgehead atoms. The highest BCUT2D eigenvalue weighted by molar-refractivity contribution is 7.80. The molecular weight excluding hydrogens is 480 g/mol. The van der Waals surface area contributed by atoms with Gasteiger partial charge < -0.3 is 20.1 Å². The normalized spacial score (nSPS) is 17.2. The van der Waals surface area contributed by atoms with Crippen molar-refractivity contribution < 1.29 is 13.6 Å². The highest BCUT2D eigenvalue weighted by Gasteiger charge is 2.41. The van der Waals surface area contributed by atoms with Crippen molar-refractivity contribution in [1.29, 1.82) is 0 Å². The van der Waals surface area contributed by atoms with Gasteiger partial charge in [-0.15, -0.1) is 0 Å². The van der Waals surface area contributed by atoms with Gasteiger partial charge in [0.15, 0.2) is 5.11 Å². The third kappa shape index (κ3) is 4.96. The lowest BCUT2D eigenvalue weighted by molar-refractivity contribution is -0.116. The van der Waals surface area contributed by atoms with Crippen LogP contribution in [0.5, 0.6) is 0 Å². The number of benzene rings is 2. The molecular formula is C27H23F2N5OS. The standard InChI is InChI=1S/C27H23F2N5OS/c28-18-6-10-20(11-7-18)31-24(35)14-17-34-26(25(32-27(34)36)22-4-1-2-15-30-22)23-5-3-16-33(23)21-12-8-19(29)9-13-21/h1-13,15-16,25-26H,14,17H2,(H,31,35)(H,32,36)/t25-,26-/m0/s1. The molecule has 0 aliphatic carbocycles. The van der Waals surface area contributed by atoms with Crippen molar-refractivity contribution in [1.82, 2.24) is 19.8 Å². The lowest BCUT2D eigenvalue weighted by Gasteiger charge is -2.28. The molecule has 182 valence electrons. The van der Waals surface area contributed by atoms with Gasteiger partial charge >= 0.3 is 0 Å². The van der Waals surface area contributed by atoms with Crippen molar-refractivity contribution >= 4 is 28.9 Å². The van der Waals surface area contributed by atoms with E-state index in [1.54, 1.807) is 18.3 Å². The molecule has 36 heavy (non-hydrogen) atoms. The number of rotatable bonds is 7. The van der Waals surface area contributed by atoms with Gasteiger partial charge in [-0.3, -0.25) is 9.78 Å². The molecule has 3 heterocycles. The third-order valence-electron chi connectivity index (χ3n) is 6.09. The van der Waals surface area contributed by atoms with E-state index in [0.717, 1.165) is 17.1 Å². The second-order valence-corrected chi connectivity index (χ2v) is 8.79. The van der Waals surface area contributed by atoms with Gasteiger partial charge in [0.05, 0.1) is 17.8 Å². The fourth-order valence-electron chi connectivity index (χ4n) is 4.42. The predicted molar refractivity (Wildman–Crippen MR) is 138 cm³/mol. The summed E-state index contributed by atoms with van der Waals surface area (Å²) < 4.78 is 28.7. The number of nitrogens with zero attached hydrogens (tertiary/aromatic N) is 3. The molecule has 4 aromatic rings. The van der Waals surface area contributed by atoms with Gasteiger partial charge in [-0.2, -0.15) is 0 Å². The number of anilines is 1. The molecule has 5 rings (SSSR count). The zero-order valence-corrected chi connectivity index (χ0v) is 20.0. The number of carbonyl (C=O) groups excluding carboxylic acids is 1. The number of hydrogen-bond donors (Lipinski definition) is 2. The number of carbonyl (C=O) groups is 1. The second-order valence-electron chi connectivity index (χ2n) is 8.40. The smallest absolute Gasteiger partial charge is 0.226 e. The average molecular weight is 504 g/mol. The fraction of sp³-hybridized carbons (Fsp3) is 0.148. The molecule has 1 aliphatic rings. The van der Waals surface area contributed by atoms with Crippen molar-refractivity contribution in [3.63, 3.8) is 0 Å². The molecule has 1 saturated heterocycles. The Labute approximate surface area is 212 Å². The molecule has 0 radical (unpaired) electrons. The van der Waals surface area contributed by atoms with E-state index in [1.165, 1.54) is 36.4 Å². The Bertz CT molecular complexity index is 1360. The summed E-state index contributed by atoms with van der Waals surface area (Å²) in [5.74, 6) is -0.885. The Morgan fingerprint density at radius 1 is 0.972 bits per heavy atom. The average Bonchev–Trinajstić information content (AvgIpc) is 3.49. The van der Waals surface area contributed by atoms with Crippen molar-refractivity contribution in [2.24, 2.45) is 0 Å². The van der Waals surface area contributed by atoms with E-state index in [-0.39, 0.29) is 36.0 Å². The Kier molecular flexibility index (Phi) is 6.73. The molecule has 2 aromatic carbocycles. The summed E-state index contributed by atoms with van der Waals surface area (Å²) in [4.78, 5) is 19.2. The van der Waals surface area contributed by atoms with Crippen LogP contribution < -0.4 is 10.6 Å². The topological polar surface area (TPSA) is 62.2 Å². The molecule has 2 atom stereocenters. The van der Waals surface area contributed by atoms with E-state index in [0.29, 0.717) is 17.3 Å². The lowest BCUT2D eigenvalue weighted by Crippen LogP contribution is -2.33. The number of hydrogen-bond acceptors (Lipinski definition) is 3. The highest BCUT2D eigenvalue weighted by atomic mass is 32.1. The SMILES string of the molecule is O=C(CCN1C(=S)N[C@@H](c2ccccn2)[C@@H]1c1cccn1-c1ccc(F)cc1)Nc1ccc(F)cc1. The van der Waals surface area contributed by atoms with Gasteiger partial charge in [-0.05, 0) is 85.0 Å². The van der Waals surface area contributed by atoms with Crippen LogP contribution in [0.25, 0.3) is 5.69 Å². The van der Waals surface area contributed by atoms with Crippen molar-refractivity contribution in [3.05, 3.63) is 114 Å². The molecule has 0 unspecified atom stereocenters. The van der Waals surface area contributed by atoms with Crippen LogP contribution in [-0.4, -0.2) is 32.0 Å². The number of amides is 1. The van der Waals surface area contributed by atoms with Crippen molar-refractivity contribution in [3.8, 4) is 5.69 Å². The van der Waals surface area contributed by atoms with Crippen LogP contribution in [0, 0.1) is 11.6 Å². The first-order chi connectivity index (χ1) is 17.5. The fourth-order valence-corrected chi connectivity index (χ4v) is 4.75. The van der Waals surface area contributed by atoms with Crippen molar-refractivity contribution in [2.45, 2.75) is 18.5 Å². The summed E-state index contributed by atoms with van der Waals surface area (Å²) in [6.45, 7) is 0.349. The molecule has 1 aliphatic heterocycles. The van der Waals surface area contributed by atoms with Crippen LogP contribution in [0.2, 0.25) is 0 Å². The first-order valence-corrected chi connectivity index (χ1v) is 11.9. The van der Waals surface area contributed by atoms with Gasteiger partial charge in [0, 0.05) is 42.4 Å². The number of nitrogens with one attached hydrogen (secondary N) is 2. The summed E-state index contributed by atoms with van der Waals surface area (Å²) in [6, 6.07) is 21.0. The Balaban J connectivity index is 1.43. The maximum Gasteiger partial charge on any atom is 0.226 e. The molecule has 1 amide bonds. The largest absolute Gasteiger partial charge is 0.352 e. The lowest BCUT2D eigenvalue weighted by atomic mass is 10.0. The van der Waals surface area contributed by atoms with Crippen LogP contribution >= 0.6 is 12.2 Å². The summed E-state index contributed by atoms with van der Waals surface area (Å²) >= 11 is 5.70. The molecule has 9 heteroatoms.